The van der Waals surface area contributed by atoms with Crippen LogP contribution in [-0.2, 0) is 7.05 Å². The zero-order valence-corrected chi connectivity index (χ0v) is 16.0. The summed E-state index contributed by atoms with van der Waals surface area (Å²) in [5.41, 5.74) is 2.31. The summed E-state index contributed by atoms with van der Waals surface area (Å²) in [4.78, 5) is 0. The maximum atomic E-state index is 5.73. The number of thioether (sulfide) groups is 1. The van der Waals surface area contributed by atoms with Crippen molar-refractivity contribution in [1.82, 2.24) is 14.8 Å². The Morgan fingerprint density at radius 3 is 2.58 bits per heavy atom. The summed E-state index contributed by atoms with van der Waals surface area (Å²) < 4.78 is 8.82. The largest absolute Gasteiger partial charge is 0.493 e. The number of aryl methyl sites for hydroxylation is 1. The molecule has 0 N–H and O–H groups in total. The van der Waals surface area contributed by atoms with Gasteiger partial charge in [-0.2, -0.15) is 0 Å². The van der Waals surface area contributed by atoms with Crippen molar-refractivity contribution >= 4 is 27.7 Å². The van der Waals surface area contributed by atoms with Crippen LogP contribution in [-0.4, -0.2) is 27.1 Å². The second kappa shape index (κ2) is 7.85. The number of ether oxygens (including phenoxy) is 1. The third kappa shape index (κ3) is 3.99. The van der Waals surface area contributed by atoms with Gasteiger partial charge in [0.15, 0.2) is 11.0 Å². The van der Waals surface area contributed by atoms with E-state index in [4.69, 9.17) is 4.74 Å². The first-order valence-electron chi connectivity index (χ1n) is 7.61. The molecule has 0 amide bonds. The standard InChI is InChI=1S/C18H18BrN3OS/c1-13-5-3-4-6-16(13)17-20-21-18(22(17)2)24-12-11-23-15-9-7-14(19)8-10-15/h3-10H,11-12H2,1-2H3. The van der Waals surface area contributed by atoms with Crippen molar-refractivity contribution in [2.75, 3.05) is 12.4 Å². The van der Waals surface area contributed by atoms with E-state index in [0.29, 0.717) is 6.61 Å². The molecule has 124 valence electrons. The molecule has 3 aromatic rings. The molecule has 3 rings (SSSR count). The van der Waals surface area contributed by atoms with Gasteiger partial charge in [-0.1, -0.05) is 52.0 Å². The molecule has 2 aromatic carbocycles. The molecule has 0 fully saturated rings. The van der Waals surface area contributed by atoms with Gasteiger partial charge in [0.1, 0.15) is 5.75 Å². The first-order chi connectivity index (χ1) is 11.6. The van der Waals surface area contributed by atoms with Gasteiger partial charge >= 0.3 is 0 Å². The smallest absolute Gasteiger partial charge is 0.191 e. The summed E-state index contributed by atoms with van der Waals surface area (Å²) in [7, 11) is 2.00. The zero-order chi connectivity index (χ0) is 16.9. The van der Waals surface area contributed by atoms with E-state index in [9.17, 15) is 0 Å². The molecule has 0 aliphatic rings. The first kappa shape index (κ1) is 17.0. The van der Waals surface area contributed by atoms with Crippen LogP contribution >= 0.6 is 27.7 Å². The predicted molar refractivity (Wildman–Crippen MR) is 102 cm³/mol. The fourth-order valence-corrected chi connectivity index (χ4v) is 3.31. The van der Waals surface area contributed by atoms with Crippen molar-refractivity contribution in [2.45, 2.75) is 12.1 Å². The van der Waals surface area contributed by atoms with Crippen LogP contribution in [0.15, 0.2) is 58.2 Å². The van der Waals surface area contributed by atoms with Gasteiger partial charge in [-0.25, -0.2) is 0 Å². The highest BCUT2D eigenvalue weighted by Crippen LogP contribution is 2.25. The molecule has 0 radical (unpaired) electrons. The van der Waals surface area contributed by atoms with Crippen LogP contribution in [0.3, 0.4) is 0 Å². The van der Waals surface area contributed by atoms with Crippen molar-refractivity contribution < 1.29 is 4.74 Å². The van der Waals surface area contributed by atoms with Gasteiger partial charge in [-0.15, -0.1) is 10.2 Å². The highest BCUT2D eigenvalue weighted by molar-refractivity contribution is 9.10. The third-order valence-corrected chi connectivity index (χ3v) is 5.13. The lowest BCUT2D eigenvalue weighted by atomic mass is 10.1. The second-order valence-electron chi connectivity index (χ2n) is 5.33. The Morgan fingerprint density at radius 1 is 1.08 bits per heavy atom. The molecule has 0 saturated heterocycles. The monoisotopic (exact) mass is 403 g/mol. The van der Waals surface area contributed by atoms with E-state index < -0.39 is 0 Å². The number of aromatic nitrogens is 3. The molecule has 1 heterocycles. The average molecular weight is 404 g/mol. The minimum atomic E-state index is 0.624. The average Bonchev–Trinajstić information content (AvgIpc) is 2.94. The lowest BCUT2D eigenvalue weighted by Crippen LogP contribution is -2.02. The topological polar surface area (TPSA) is 39.9 Å². The lowest BCUT2D eigenvalue weighted by molar-refractivity contribution is 0.344. The maximum absolute atomic E-state index is 5.73. The van der Waals surface area contributed by atoms with Crippen LogP contribution < -0.4 is 4.74 Å². The highest BCUT2D eigenvalue weighted by atomic mass is 79.9. The summed E-state index contributed by atoms with van der Waals surface area (Å²) >= 11 is 5.06. The normalized spacial score (nSPS) is 10.8. The van der Waals surface area contributed by atoms with Crippen LogP contribution in [0, 0.1) is 6.92 Å². The Kier molecular flexibility index (Phi) is 5.58. The molecule has 6 heteroatoms. The van der Waals surface area contributed by atoms with E-state index in [1.54, 1.807) is 11.8 Å². The van der Waals surface area contributed by atoms with Gasteiger partial charge in [0.25, 0.3) is 0 Å². The number of rotatable bonds is 6. The van der Waals surface area contributed by atoms with Gasteiger partial charge in [-0.3, -0.25) is 0 Å². The van der Waals surface area contributed by atoms with Crippen LogP contribution in [0.4, 0.5) is 0 Å². The molecule has 24 heavy (non-hydrogen) atoms. The molecule has 0 saturated carbocycles. The Hall–Kier alpha value is -1.79. The molecule has 4 nitrogen and oxygen atoms in total. The van der Waals surface area contributed by atoms with Crippen molar-refractivity contribution in [2.24, 2.45) is 7.05 Å². The second-order valence-corrected chi connectivity index (χ2v) is 7.31. The van der Waals surface area contributed by atoms with E-state index in [1.807, 2.05) is 48.0 Å². The number of nitrogens with zero attached hydrogens (tertiary/aromatic N) is 3. The van der Waals surface area contributed by atoms with E-state index in [0.717, 1.165) is 32.5 Å². The van der Waals surface area contributed by atoms with Crippen molar-refractivity contribution in [3.8, 4) is 17.1 Å². The van der Waals surface area contributed by atoms with E-state index in [2.05, 4.69) is 45.2 Å². The highest BCUT2D eigenvalue weighted by Gasteiger charge is 2.12. The molecule has 0 spiro atoms. The Morgan fingerprint density at radius 2 is 1.83 bits per heavy atom. The minimum absolute atomic E-state index is 0.624. The number of benzene rings is 2. The summed E-state index contributed by atoms with van der Waals surface area (Å²) in [6, 6.07) is 16.1. The Balaban J connectivity index is 1.59. The van der Waals surface area contributed by atoms with Gasteiger partial charge < -0.3 is 9.30 Å². The van der Waals surface area contributed by atoms with E-state index in [-0.39, 0.29) is 0 Å². The summed E-state index contributed by atoms with van der Waals surface area (Å²) in [5.74, 6) is 2.58. The molecule has 0 atom stereocenters. The van der Waals surface area contributed by atoms with E-state index >= 15 is 0 Å². The predicted octanol–water partition coefficient (Wildman–Crippen LogP) is 4.72. The number of halogens is 1. The van der Waals surface area contributed by atoms with Gasteiger partial charge in [0, 0.05) is 22.8 Å². The van der Waals surface area contributed by atoms with Gasteiger partial charge in [0.2, 0.25) is 0 Å². The molecular formula is C18H18BrN3OS. The van der Waals surface area contributed by atoms with Gasteiger partial charge in [0.05, 0.1) is 6.61 Å². The fraction of sp³-hybridized carbons (Fsp3) is 0.222. The lowest BCUT2D eigenvalue weighted by Gasteiger charge is -2.07. The minimum Gasteiger partial charge on any atom is -0.493 e. The third-order valence-electron chi connectivity index (χ3n) is 3.62. The Labute approximate surface area is 154 Å². The summed E-state index contributed by atoms with van der Waals surface area (Å²) in [6.07, 6.45) is 0. The molecule has 0 aliphatic heterocycles. The van der Waals surface area contributed by atoms with Crippen LogP contribution in [0.1, 0.15) is 5.56 Å². The quantitative estimate of drug-likeness (QED) is 0.440. The molecule has 0 bridgehead atoms. The fourth-order valence-electron chi connectivity index (χ4n) is 2.32. The zero-order valence-electron chi connectivity index (χ0n) is 13.6. The van der Waals surface area contributed by atoms with Crippen LogP contribution in [0.25, 0.3) is 11.4 Å². The summed E-state index contributed by atoms with van der Waals surface area (Å²) in [6.45, 7) is 2.71. The maximum Gasteiger partial charge on any atom is 0.191 e. The van der Waals surface area contributed by atoms with Crippen molar-refractivity contribution in [3.05, 3.63) is 58.6 Å². The number of hydrogen-bond acceptors (Lipinski definition) is 4. The molecule has 0 aliphatic carbocycles. The van der Waals surface area contributed by atoms with Gasteiger partial charge in [-0.05, 0) is 36.8 Å². The molecule has 0 unspecified atom stereocenters. The van der Waals surface area contributed by atoms with Crippen molar-refractivity contribution in [3.63, 3.8) is 0 Å². The summed E-state index contributed by atoms with van der Waals surface area (Å²) in [5, 5.41) is 9.54. The van der Waals surface area contributed by atoms with Crippen LogP contribution in [0.5, 0.6) is 5.75 Å². The molecule has 1 aromatic heterocycles. The Bertz CT molecular complexity index is 817. The molecular weight excluding hydrogens is 386 g/mol. The van der Waals surface area contributed by atoms with Crippen molar-refractivity contribution in [1.29, 1.82) is 0 Å². The van der Waals surface area contributed by atoms with E-state index in [1.165, 1.54) is 5.56 Å². The SMILES string of the molecule is Cc1ccccc1-c1nnc(SCCOc2ccc(Br)cc2)n1C. The number of hydrogen-bond donors (Lipinski definition) is 0. The first-order valence-corrected chi connectivity index (χ1v) is 9.39. The van der Waals surface area contributed by atoms with Crippen LogP contribution in [0.2, 0.25) is 0 Å².